The van der Waals surface area contributed by atoms with E-state index in [1.807, 2.05) is 18.2 Å². The second-order valence-electron chi connectivity index (χ2n) is 8.19. The molecule has 4 heteroatoms. The molecule has 0 aliphatic carbocycles. The molecule has 5 rings (SSSR count). The van der Waals surface area contributed by atoms with Gasteiger partial charge in [-0.25, -0.2) is 0 Å². The standard InChI is InChI=1S/C27H18N.C5H8O2.Ir/c1-3-9-20(10-4-1)22-13-7-14-23(19-22)26-18-17-25-24(15-8-16-27(25)28-26)21-11-5-2-6-12-21;1-4(6)3-5(2)7;/h1-13,15-19H;3,6H,1-2H3;/q-1;;/b;4-3-;. The van der Waals surface area contributed by atoms with Crippen LogP contribution in [0.4, 0.5) is 0 Å². The van der Waals surface area contributed by atoms with Gasteiger partial charge >= 0.3 is 0 Å². The summed E-state index contributed by atoms with van der Waals surface area (Å²) in [6, 6.07) is 41.0. The van der Waals surface area contributed by atoms with Crippen LogP contribution in [0.2, 0.25) is 0 Å². The zero-order valence-corrected chi connectivity index (χ0v) is 22.5. The molecule has 0 aliphatic rings. The fourth-order valence-corrected chi connectivity index (χ4v) is 3.89. The van der Waals surface area contributed by atoms with Crippen LogP contribution in [0.25, 0.3) is 44.4 Å². The zero-order chi connectivity index (χ0) is 24.6. The molecule has 1 heterocycles. The molecule has 0 fully saturated rings. The molecule has 0 amide bonds. The van der Waals surface area contributed by atoms with E-state index in [1.54, 1.807) is 0 Å². The van der Waals surface area contributed by atoms with Crippen molar-refractivity contribution in [1.82, 2.24) is 4.98 Å². The van der Waals surface area contributed by atoms with E-state index < -0.39 is 0 Å². The Morgan fingerprint density at radius 1 is 0.778 bits per heavy atom. The molecular formula is C32H26IrNO2-. The fraction of sp³-hybridized carbons (Fsp3) is 0.0625. The number of carbonyl (C=O) groups excluding carboxylic acids is 1. The zero-order valence-electron chi connectivity index (χ0n) is 20.1. The first-order valence-electron chi connectivity index (χ1n) is 11.4. The van der Waals surface area contributed by atoms with Gasteiger partial charge in [0.15, 0.2) is 5.78 Å². The minimum absolute atomic E-state index is 0. The molecule has 1 aromatic heterocycles. The minimum Gasteiger partial charge on any atom is -0.512 e. The third-order valence-corrected chi connectivity index (χ3v) is 5.41. The van der Waals surface area contributed by atoms with Crippen molar-refractivity contribution in [3.05, 3.63) is 127 Å². The van der Waals surface area contributed by atoms with Crippen LogP contribution in [0, 0.1) is 6.07 Å². The third kappa shape index (κ3) is 6.85. The van der Waals surface area contributed by atoms with Gasteiger partial charge in [0.05, 0.1) is 11.3 Å². The molecule has 0 atom stereocenters. The number of aliphatic hydroxyl groups excluding tert-OH is 1. The average Bonchev–Trinajstić information content (AvgIpc) is 2.89. The van der Waals surface area contributed by atoms with Gasteiger partial charge in [-0.2, -0.15) is 0 Å². The topological polar surface area (TPSA) is 50.2 Å². The van der Waals surface area contributed by atoms with Crippen molar-refractivity contribution in [2.45, 2.75) is 13.8 Å². The van der Waals surface area contributed by atoms with Gasteiger partial charge in [0.1, 0.15) is 0 Å². The number of ketones is 1. The van der Waals surface area contributed by atoms with E-state index in [1.165, 1.54) is 42.2 Å². The number of aromatic nitrogens is 1. The minimum atomic E-state index is -0.125. The van der Waals surface area contributed by atoms with E-state index in [0.29, 0.717) is 0 Å². The summed E-state index contributed by atoms with van der Waals surface area (Å²) in [7, 11) is 0. The van der Waals surface area contributed by atoms with Crippen molar-refractivity contribution in [2.24, 2.45) is 0 Å². The summed E-state index contributed by atoms with van der Waals surface area (Å²) in [4.78, 5) is 15.0. The van der Waals surface area contributed by atoms with Crippen molar-refractivity contribution in [1.29, 1.82) is 0 Å². The van der Waals surface area contributed by atoms with Gasteiger partial charge in [-0.1, -0.05) is 84.9 Å². The maximum atomic E-state index is 10.0. The van der Waals surface area contributed by atoms with Gasteiger partial charge in [-0.15, -0.1) is 35.4 Å². The van der Waals surface area contributed by atoms with E-state index in [0.717, 1.165) is 22.2 Å². The van der Waals surface area contributed by atoms with Gasteiger partial charge in [0.2, 0.25) is 0 Å². The summed E-state index contributed by atoms with van der Waals surface area (Å²) in [5, 5.41) is 9.53. The Hall–Kier alpha value is -3.85. The molecule has 0 bridgehead atoms. The summed E-state index contributed by atoms with van der Waals surface area (Å²) in [6.45, 7) is 2.85. The van der Waals surface area contributed by atoms with Crippen LogP contribution in [-0.4, -0.2) is 15.9 Å². The van der Waals surface area contributed by atoms with Crippen molar-refractivity contribution < 1.29 is 30.0 Å². The molecule has 36 heavy (non-hydrogen) atoms. The van der Waals surface area contributed by atoms with E-state index in [4.69, 9.17) is 10.1 Å². The number of rotatable bonds is 4. The van der Waals surface area contributed by atoms with Gasteiger partial charge in [-0.3, -0.25) is 9.78 Å². The average molecular weight is 649 g/mol. The van der Waals surface area contributed by atoms with Crippen molar-refractivity contribution in [3.8, 4) is 33.5 Å². The first kappa shape index (κ1) is 26.7. The van der Waals surface area contributed by atoms with Gasteiger partial charge in [-0.05, 0) is 42.3 Å². The summed E-state index contributed by atoms with van der Waals surface area (Å²) in [5.74, 6) is -0.0625. The van der Waals surface area contributed by atoms with Crippen LogP contribution >= 0.6 is 0 Å². The van der Waals surface area contributed by atoms with Crippen molar-refractivity contribution in [3.63, 3.8) is 0 Å². The predicted octanol–water partition coefficient (Wildman–Crippen LogP) is 8.07. The Morgan fingerprint density at radius 3 is 2.06 bits per heavy atom. The van der Waals surface area contributed by atoms with Crippen LogP contribution < -0.4 is 0 Å². The van der Waals surface area contributed by atoms with E-state index >= 15 is 0 Å². The Kier molecular flexibility index (Phi) is 9.46. The van der Waals surface area contributed by atoms with Gasteiger partial charge < -0.3 is 5.11 Å². The van der Waals surface area contributed by atoms with Crippen molar-refractivity contribution >= 4 is 16.7 Å². The fourth-order valence-electron chi connectivity index (χ4n) is 3.89. The first-order valence-corrected chi connectivity index (χ1v) is 11.4. The summed E-state index contributed by atoms with van der Waals surface area (Å²) in [6.07, 6.45) is 1.17. The Labute approximate surface area is 225 Å². The molecule has 181 valence electrons. The smallest absolute Gasteiger partial charge is 0.155 e. The molecule has 1 radical (unpaired) electrons. The number of hydrogen-bond donors (Lipinski definition) is 1. The maximum Gasteiger partial charge on any atom is 0.155 e. The molecule has 0 spiro atoms. The molecule has 1 N–H and O–H groups in total. The monoisotopic (exact) mass is 649 g/mol. The number of carbonyl (C=O) groups is 1. The molecule has 5 aromatic rings. The molecular weight excluding hydrogens is 623 g/mol. The van der Waals surface area contributed by atoms with E-state index in [9.17, 15) is 4.79 Å². The quantitative estimate of drug-likeness (QED) is 0.122. The Balaban J connectivity index is 0.000000400. The largest absolute Gasteiger partial charge is 0.512 e. The molecule has 0 saturated heterocycles. The Bertz CT molecular complexity index is 1470. The number of benzene rings is 4. The molecule has 0 saturated carbocycles. The maximum absolute atomic E-state index is 10.0. The van der Waals surface area contributed by atoms with Crippen LogP contribution in [0.1, 0.15) is 13.8 Å². The van der Waals surface area contributed by atoms with Crippen LogP contribution in [-0.2, 0) is 24.9 Å². The number of fused-ring (bicyclic) bond motifs is 1. The molecule has 3 nitrogen and oxygen atoms in total. The molecule has 0 aliphatic heterocycles. The number of hydrogen-bond acceptors (Lipinski definition) is 3. The van der Waals surface area contributed by atoms with E-state index in [2.05, 4.69) is 97.1 Å². The SMILES string of the molecule is CC(=O)/C=C(/C)O.[Ir].[c-]1ccc(-c2ccccc2)cc1-c1ccc2c(-c3ccccc3)cccc2n1. The molecule has 4 aromatic carbocycles. The number of allylic oxidation sites excluding steroid dienone is 2. The summed E-state index contributed by atoms with van der Waals surface area (Å²) < 4.78 is 0. The van der Waals surface area contributed by atoms with Crippen LogP contribution in [0.5, 0.6) is 0 Å². The first-order chi connectivity index (χ1) is 17.0. The summed E-state index contributed by atoms with van der Waals surface area (Å²) >= 11 is 0. The number of nitrogens with zero attached hydrogens (tertiary/aromatic N) is 1. The van der Waals surface area contributed by atoms with Gasteiger partial charge in [0.25, 0.3) is 0 Å². The van der Waals surface area contributed by atoms with Crippen molar-refractivity contribution in [2.75, 3.05) is 0 Å². The Morgan fingerprint density at radius 2 is 1.44 bits per heavy atom. The van der Waals surface area contributed by atoms with Crippen LogP contribution in [0.15, 0.2) is 121 Å². The summed E-state index contributed by atoms with van der Waals surface area (Å²) in [5.41, 5.74) is 7.74. The van der Waals surface area contributed by atoms with E-state index in [-0.39, 0.29) is 31.6 Å². The molecule has 0 unspecified atom stereocenters. The van der Waals surface area contributed by atoms with Gasteiger partial charge in [0, 0.05) is 31.6 Å². The third-order valence-electron chi connectivity index (χ3n) is 5.41. The second kappa shape index (κ2) is 12.7. The second-order valence-corrected chi connectivity index (χ2v) is 8.19. The van der Waals surface area contributed by atoms with Crippen LogP contribution in [0.3, 0.4) is 0 Å². The number of pyridine rings is 1. The normalized spacial score (nSPS) is 10.7. The predicted molar refractivity (Wildman–Crippen MR) is 144 cm³/mol. The number of aliphatic hydroxyl groups is 1.